The number of carboxylic acids is 1. The minimum Gasteiger partial charge on any atom is -0.478 e. The van der Waals surface area contributed by atoms with Crippen LogP contribution in [0.4, 0.5) is 14.9 Å². The lowest BCUT2D eigenvalue weighted by Crippen LogP contribution is -2.41. The van der Waals surface area contributed by atoms with Gasteiger partial charge >= 0.3 is 18.0 Å². The number of nitrogens with one attached hydrogen (secondary N) is 2. The third-order valence-electron chi connectivity index (χ3n) is 2.36. The minimum atomic E-state index is -1.40. The molecule has 0 heterocycles. The summed E-state index contributed by atoms with van der Waals surface area (Å²) in [6.07, 6.45) is 0. The molecular formula is C12H13FN2O5. The number of methoxy groups -OCH3 is 1. The van der Waals surface area contributed by atoms with E-state index in [9.17, 15) is 18.8 Å². The Morgan fingerprint density at radius 1 is 1.35 bits per heavy atom. The maximum absolute atomic E-state index is 13.4. The van der Waals surface area contributed by atoms with Crippen molar-refractivity contribution < 1.29 is 28.6 Å². The van der Waals surface area contributed by atoms with E-state index >= 15 is 0 Å². The van der Waals surface area contributed by atoms with Crippen molar-refractivity contribution in [1.82, 2.24) is 5.32 Å². The van der Waals surface area contributed by atoms with E-state index in [1.165, 1.54) is 20.1 Å². The van der Waals surface area contributed by atoms with Crippen molar-refractivity contribution in [2.75, 3.05) is 12.4 Å². The molecule has 108 valence electrons. The van der Waals surface area contributed by atoms with E-state index in [2.05, 4.69) is 15.4 Å². The quantitative estimate of drug-likeness (QED) is 0.721. The predicted molar refractivity (Wildman–Crippen MR) is 67.0 cm³/mol. The number of halogens is 1. The Kier molecular flexibility index (Phi) is 5.01. The number of esters is 1. The maximum atomic E-state index is 13.4. The summed E-state index contributed by atoms with van der Waals surface area (Å²) >= 11 is 0. The third-order valence-corrected chi connectivity index (χ3v) is 2.36. The molecule has 1 aromatic carbocycles. The highest BCUT2D eigenvalue weighted by atomic mass is 19.1. The van der Waals surface area contributed by atoms with E-state index in [4.69, 9.17) is 5.11 Å². The molecule has 0 radical (unpaired) electrons. The first-order chi connectivity index (χ1) is 9.35. The van der Waals surface area contributed by atoms with Crippen LogP contribution in [0.5, 0.6) is 0 Å². The number of benzene rings is 1. The zero-order chi connectivity index (χ0) is 15.3. The van der Waals surface area contributed by atoms with Gasteiger partial charge in [-0.3, -0.25) is 0 Å². The van der Waals surface area contributed by atoms with Crippen LogP contribution in [-0.2, 0) is 9.53 Å². The second-order valence-corrected chi connectivity index (χ2v) is 3.84. The van der Waals surface area contributed by atoms with Crippen molar-refractivity contribution in [2.24, 2.45) is 0 Å². The topological polar surface area (TPSA) is 105 Å². The lowest BCUT2D eigenvalue weighted by atomic mass is 10.2. The van der Waals surface area contributed by atoms with Gasteiger partial charge < -0.3 is 20.5 Å². The number of ether oxygens (including phenoxy) is 1. The summed E-state index contributed by atoms with van der Waals surface area (Å²) in [5.74, 6) is -3.01. The molecule has 0 saturated carbocycles. The molecule has 1 atom stereocenters. The van der Waals surface area contributed by atoms with Crippen LogP contribution in [-0.4, -0.2) is 36.2 Å². The second-order valence-electron chi connectivity index (χ2n) is 3.84. The highest BCUT2D eigenvalue weighted by Crippen LogP contribution is 2.14. The Morgan fingerprint density at radius 2 is 2.00 bits per heavy atom. The molecule has 0 aliphatic rings. The predicted octanol–water partition coefficient (Wildman–Crippen LogP) is 1.21. The van der Waals surface area contributed by atoms with Gasteiger partial charge in [-0.1, -0.05) is 0 Å². The average Bonchev–Trinajstić information content (AvgIpc) is 2.37. The van der Waals surface area contributed by atoms with E-state index in [1.807, 2.05) is 0 Å². The summed E-state index contributed by atoms with van der Waals surface area (Å²) in [5.41, 5.74) is -0.444. The monoisotopic (exact) mass is 284 g/mol. The van der Waals surface area contributed by atoms with Gasteiger partial charge in [-0.25, -0.2) is 18.8 Å². The van der Waals surface area contributed by atoms with Gasteiger partial charge in [0.25, 0.3) is 0 Å². The van der Waals surface area contributed by atoms with E-state index in [-0.39, 0.29) is 5.69 Å². The van der Waals surface area contributed by atoms with Gasteiger partial charge in [0.1, 0.15) is 11.9 Å². The highest BCUT2D eigenvalue weighted by Gasteiger charge is 2.16. The fraction of sp³-hybridized carbons (Fsp3) is 0.250. The summed E-state index contributed by atoms with van der Waals surface area (Å²) in [7, 11) is 1.18. The number of anilines is 1. The summed E-state index contributed by atoms with van der Waals surface area (Å²) in [6, 6.07) is 1.51. The van der Waals surface area contributed by atoms with Crippen LogP contribution < -0.4 is 10.6 Å². The van der Waals surface area contributed by atoms with E-state index < -0.39 is 35.4 Å². The number of hydrogen-bond donors (Lipinski definition) is 3. The van der Waals surface area contributed by atoms with Crippen LogP contribution in [0.15, 0.2) is 18.2 Å². The van der Waals surface area contributed by atoms with Gasteiger partial charge in [-0.05, 0) is 25.1 Å². The molecule has 0 fully saturated rings. The molecule has 20 heavy (non-hydrogen) atoms. The molecule has 2 amide bonds. The van der Waals surface area contributed by atoms with Crippen LogP contribution in [0, 0.1) is 5.82 Å². The van der Waals surface area contributed by atoms with Crippen molar-refractivity contribution in [1.29, 1.82) is 0 Å². The van der Waals surface area contributed by atoms with E-state index in [1.54, 1.807) is 0 Å². The lowest BCUT2D eigenvalue weighted by Gasteiger charge is -2.12. The highest BCUT2D eigenvalue weighted by molar-refractivity contribution is 5.93. The van der Waals surface area contributed by atoms with Gasteiger partial charge in [-0.2, -0.15) is 0 Å². The van der Waals surface area contributed by atoms with Gasteiger partial charge in [0.2, 0.25) is 0 Å². The standard InChI is InChI=1S/C12H13FN2O5/c1-6(11(18)20-2)14-12(19)15-7-3-4-8(10(16)17)9(13)5-7/h3-6H,1-2H3,(H,16,17)(H2,14,15,19). The number of carbonyl (C=O) groups is 3. The first-order valence-corrected chi connectivity index (χ1v) is 5.53. The minimum absolute atomic E-state index is 0.0575. The summed E-state index contributed by atoms with van der Waals surface area (Å²) in [4.78, 5) is 33.2. The molecule has 7 nitrogen and oxygen atoms in total. The largest absolute Gasteiger partial charge is 0.478 e. The molecular weight excluding hydrogens is 271 g/mol. The number of urea groups is 1. The molecule has 0 bridgehead atoms. The summed E-state index contributed by atoms with van der Waals surface area (Å²) in [6.45, 7) is 1.42. The normalized spacial score (nSPS) is 11.3. The second kappa shape index (κ2) is 6.50. The van der Waals surface area contributed by atoms with Crippen molar-refractivity contribution in [3.05, 3.63) is 29.6 Å². The zero-order valence-electron chi connectivity index (χ0n) is 10.8. The van der Waals surface area contributed by atoms with Crippen LogP contribution in [0.2, 0.25) is 0 Å². The SMILES string of the molecule is COC(=O)C(C)NC(=O)Nc1ccc(C(=O)O)c(F)c1. The Bertz CT molecular complexity index is 547. The number of carboxylic acid groups (broad SMARTS) is 1. The number of hydrogen-bond acceptors (Lipinski definition) is 4. The molecule has 0 aromatic heterocycles. The number of carbonyl (C=O) groups excluding carboxylic acids is 2. The molecule has 1 aromatic rings. The van der Waals surface area contributed by atoms with Crippen molar-refractivity contribution >= 4 is 23.7 Å². The van der Waals surface area contributed by atoms with Crippen LogP contribution in [0.1, 0.15) is 17.3 Å². The van der Waals surface area contributed by atoms with Crippen LogP contribution in [0.3, 0.4) is 0 Å². The van der Waals surface area contributed by atoms with Gasteiger partial charge in [0.15, 0.2) is 0 Å². The molecule has 8 heteroatoms. The maximum Gasteiger partial charge on any atom is 0.338 e. The molecule has 0 aliphatic carbocycles. The number of amides is 2. The zero-order valence-corrected chi connectivity index (χ0v) is 10.8. The Labute approximate surface area is 113 Å². The molecule has 1 rings (SSSR count). The Morgan fingerprint density at radius 3 is 2.50 bits per heavy atom. The average molecular weight is 284 g/mol. The van der Waals surface area contributed by atoms with Gasteiger partial charge in [0, 0.05) is 5.69 Å². The number of aromatic carboxylic acids is 1. The first kappa shape index (κ1) is 15.4. The fourth-order valence-corrected chi connectivity index (χ4v) is 1.37. The van der Waals surface area contributed by atoms with Crippen molar-refractivity contribution in [3.8, 4) is 0 Å². The summed E-state index contributed by atoms with van der Waals surface area (Å²) < 4.78 is 17.8. The lowest BCUT2D eigenvalue weighted by molar-refractivity contribution is -0.142. The fourth-order valence-electron chi connectivity index (χ4n) is 1.37. The summed E-state index contributed by atoms with van der Waals surface area (Å²) in [5, 5.41) is 13.2. The van der Waals surface area contributed by atoms with Crippen LogP contribution >= 0.6 is 0 Å². The molecule has 0 aliphatic heterocycles. The van der Waals surface area contributed by atoms with E-state index in [0.29, 0.717) is 0 Å². The first-order valence-electron chi connectivity index (χ1n) is 5.53. The number of rotatable bonds is 4. The molecule has 1 unspecified atom stereocenters. The van der Waals surface area contributed by atoms with Crippen molar-refractivity contribution in [3.63, 3.8) is 0 Å². The Balaban J connectivity index is 2.69. The molecule has 0 spiro atoms. The van der Waals surface area contributed by atoms with Gasteiger partial charge in [0.05, 0.1) is 12.7 Å². The van der Waals surface area contributed by atoms with Crippen molar-refractivity contribution in [2.45, 2.75) is 13.0 Å². The molecule has 0 saturated heterocycles. The molecule has 3 N–H and O–H groups in total. The van der Waals surface area contributed by atoms with Crippen LogP contribution in [0.25, 0.3) is 0 Å². The smallest absolute Gasteiger partial charge is 0.338 e. The van der Waals surface area contributed by atoms with E-state index in [0.717, 1.165) is 12.1 Å². The third kappa shape index (κ3) is 3.94. The van der Waals surface area contributed by atoms with Gasteiger partial charge in [-0.15, -0.1) is 0 Å². The Hall–Kier alpha value is -2.64.